The fourth-order valence-corrected chi connectivity index (χ4v) is 6.38. The Morgan fingerprint density at radius 2 is 0.467 bits per heavy atom. The van der Waals surface area contributed by atoms with Gasteiger partial charge >= 0.3 is 0 Å². The fourth-order valence-electron chi connectivity index (χ4n) is 6.38. The van der Waals surface area contributed by atoms with E-state index in [-0.39, 0.29) is 0 Å². The lowest BCUT2D eigenvalue weighted by molar-refractivity contribution is 1.80. The smallest absolute Gasteiger partial charge is 0.000740 e. The van der Waals surface area contributed by atoms with Crippen LogP contribution in [0.4, 0.5) is 0 Å². The fraction of sp³-hybridized carbons (Fsp3) is 0. The van der Waals surface area contributed by atoms with Crippen LogP contribution in [0.15, 0.2) is 84.9 Å². The summed E-state index contributed by atoms with van der Waals surface area (Å²) in [5.74, 6) is 0. The minimum atomic E-state index is 1.40. The Bertz CT molecular complexity index is 2040. The van der Waals surface area contributed by atoms with E-state index < -0.39 is 0 Å². The summed E-state index contributed by atoms with van der Waals surface area (Å²) in [7, 11) is 0. The lowest BCUT2D eigenvalue weighted by Crippen LogP contribution is -1.96. The third-order valence-corrected chi connectivity index (χ3v) is 7.67. The lowest BCUT2D eigenvalue weighted by atomic mass is 9.77. The van der Waals surface area contributed by atoms with E-state index in [1.807, 2.05) is 0 Å². The zero-order valence-electron chi connectivity index (χ0n) is 16.1. The zero-order valence-corrected chi connectivity index (χ0v) is 16.1. The number of hydrogen-bond acceptors (Lipinski definition) is 0. The molecule has 30 heavy (non-hydrogen) atoms. The molecule has 0 nitrogen and oxygen atoms in total. The Kier molecular flexibility index (Phi) is 2.04. The molecule has 0 N–H and O–H groups in total. The maximum Gasteiger partial charge on any atom is -0.000740 e. The summed E-state index contributed by atoms with van der Waals surface area (Å²) >= 11 is 0. The third-order valence-electron chi connectivity index (χ3n) is 7.67. The standard InChI is InChI=1S/C30H14/c1-3-7-17-15(5-1)19-11-13-23-27(25(17)19)24-14-12-22-21-10-9-20-16-6-2-4-8-18(16)26(20)29(21)30(22)28(23)24/h1-14H. The molecule has 0 atom stereocenters. The summed E-state index contributed by atoms with van der Waals surface area (Å²) in [6.07, 6.45) is 0. The first-order chi connectivity index (χ1) is 14.9. The van der Waals surface area contributed by atoms with Crippen molar-refractivity contribution >= 4 is 86.2 Å². The molecule has 9 aromatic carbocycles. The largest absolute Gasteiger partial charge is 0.0616 e. The topological polar surface area (TPSA) is 0 Å². The zero-order chi connectivity index (χ0) is 19.1. The SMILES string of the molecule is c1ccc2c(c1)c1ccc3c(c4ccc5c6ccc7c8ccccc8c7c6c5c34)c21. The Labute approximate surface area is 171 Å². The number of hydrogen-bond donors (Lipinski definition) is 0. The van der Waals surface area contributed by atoms with Crippen LogP contribution in [0.5, 0.6) is 0 Å². The second-order valence-electron chi connectivity index (χ2n) is 8.82. The molecule has 0 heteroatoms. The Balaban J connectivity index is 1.50. The van der Waals surface area contributed by atoms with Crippen molar-refractivity contribution in [2.24, 2.45) is 0 Å². The molecule has 0 bridgehead atoms. The molecule has 0 aliphatic rings. The van der Waals surface area contributed by atoms with Crippen molar-refractivity contribution in [3.8, 4) is 0 Å². The van der Waals surface area contributed by atoms with Crippen molar-refractivity contribution in [2.75, 3.05) is 0 Å². The molecular weight excluding hydrogens is 360 g/mol. The van der Waals surface area contributed by atoms with E-state index in [0.29, 0.717) is 0 Å². The van der Waals surface area contributed by atoms with Crippen LogP contribution < -0.4 is 0 Å². The predicted molar refractivity (Wildman–Crippen MR) is 131 cm³/mol. The Morgan fingerprint density at radius 3 is 0.967 bits per heavy atom. The average Bonchev–Trinajstić information content (AvgIpc) is 2.76. The van der Waals surface area contributed by atoms with E-state index in [2.05, 4.69) is 84.9 Å². The minimum Gasteiger partial charge on any atom is -0.0616 e. The van der Waals surface area contributed by atoms with Gasteiger partial charge in [0.15, 0.2) is 0 Å². The maximum absolute atomic E-state index is 2.36. The van der Waals surface area contributed by atoms with Gasteiger partial charge in [-0.25, -0.2) is 0 Å². The predicted octanol–water partition coefficient (Wildman–Crippen LogP) is 8.66. The number of benzene rings is 5. The van der Waals surface area contributed by atoms with Gasteiger partial charge in [0.1, 0.15) is 0 Å². The van der Waals surface area contributed by atoms with Crippen molar-refractivity contribution in [2.45, 2.75) is 0 Å². The van der Waals surface area contributed by atoms with E-state index in [9.17, 15) is 0 Å². The Morgan fingerprint density at radius 1 is 0.200 bits per heavy atom. The molecule has 0 aliphatic carbocycles. The third kappa shape index (κ3) is 1.26. The van der Waals surface area contributed by atoms with E-state index in [1.165, 1.54) is 86.2 Å². The molecule has 134 valence electrons. The molecule has 0 spiro atoms. The van der Waals surface area contributed by atoms with Crippen LogP contribution in [0.1, 0.15) is 0 Å². The molecule has 0 saturated carbocycles. The molecule has 0 aliphatic heterocycles. The average molecular weight is 374 g/mol. The second kappa shape index (κ2) is 4.32. The van der Waals surface area contributed by atoms with Crippen molar-refractivity contribution in [1.82, 2.24) is 0 Å². The van der Waals surface area contributed by atoms with Crippen molar-refractivity contribution < 1.29 is 0 Å². The summed E-state index contributed by atoms with van der Waals surface area (Å²) in [4.78, 5) is 0. The molecule has 9 aromatic rings. The highest BCUT2D eigenvalue weighted by Gasteiger charge is 2.25. The van der Waals surface area contributed by atoms with Gasteiger partial charge in [0.05, 0.1) is 0 Å². The molecule has 0 saturated heterocycles. The molecular formula is C30H14. The van der Waals surface area contributed by atoms with Gasteiger partial charge in [-0.15, -0.1) is 0 Å². The highest BCUT2D eigenvalue weighted by Crippen LogP contribution is 2.54. The normalized spacial score (nSPS) is 13.3. The number of fused-ring (bicyclic) bond motifs is 19. The van der Waals surface area contributed by atoms with Crippen molar-refractivity contribution in [3.63, 3.8) is 0 Å². The number of rotatable bonds is 0. The van der Waals surface area contributed by atoms with E-state index in [4.69, 9.17) is 0 Å². The van der Waals surface area contributed by atoms with Crippen molar-refractivity contribution in [3.05, 3.63) is 84.9 Å². The Hall–Kier alpha value is -3.90. The molecule has 0 unspecified atom stereocenters. The van der Waals surface area contributed by atoms with Crippen LogP contribution in [0.25, 0.3) is 86.2 Å². The van der Waals surface area contributed by atoms with Gasteiger partial charge in [-0.05, 0) is 86.2 Å². The maximum atomic E-state index is 2.36. The highest BCUT2D eigenvalue weighted by atomic mass is 14.3. The molecule has 9 rings (SSSR count). The lowest BCUT2D eigenvalue weighted by Gasteiger charge is -2.25. The highest BCUT2D eigenvalue weighted by molar-refractivity contribution is 6.52. The van der Waals surface area contributed by atoms with Gasteiger partial charge in [-0.1, -0.05) is 84.9 Å². The van der Waals surface area contributed by atoms with Gasteiger partial charge < -0.3 is 0 Å². The van der Waals surface area contributed by atoms with Gasteiger partial charge in [0, 0.05) is 0 Å². The molecule has 0 radical (unpaired) electrons. The summed E-state index contributed by atoms with van der Waals surface area (Å²) in [6, 6.07) is 31.7. The van der Waals surface area contributed by atoms with Crippen LogP contribution in [-0.2, 0) is 0 Å². The monoisotopic (exact) mass is 374 g/mol. The quantitative estimate of drug-likeness (QED) is 0.249. The van der Waals surface area contributed by atoms with Crippen LogP contribution in [0.3, 0.4) is 0 Å². The summed E-state index contributed by atoms with van der Waals surface area (Å²) in [5.41, 5.74) is 0. The molecule has 0 fully saturated rings. The first kappa shape index (κ1) is 14.1. The second-order valence-corrected chi connectivity index (χ2v) is 8.82. The minimum absolute atomic E-state index is 1.40. The molecule has 0 amide bonds. The van der Waals surface area contributed by atoms with E-state index in [1.54, 1.807) is 0 Å². The molecule has 0 aromatic heterocycles. The summed E-state index contributed by atoms with van der Waals surface area (Å²) in [5, 5.41) is 23.0. The van der Waals surface area contributed by atoms with Crippen molar-refractivity contribution in [1.29, 1.82) is 0 Å². The van der Waals surface area contributed by atoms with Crippen LogP contribution in [0, 0.1) is 0 Å². The van der Waals surface area contributed by atoms with Gasteiger partial charge in [0.25, 0.3) is 0 Å². The molecule has 0 heterocycles. The summed E-state index contributed by atoms with van der Waals surface area (Å²) in [6.45, 7) is 0. The van der Waals surface area contributed by atoms with E-state index in [0.717, 1.165) is 0 Å². The first-order valence-electron chi connectivity index (χ1n) is 10.6. The van der Waals surface area contributed by atoms with Crippen LogP contribution >= 0.6 is 0 Å². The van der Waals surface area contributed by atoms with Gasteiger partial charge in [-0.3, -0.25) is 0 Å². The van der Waals surface area contributed by atoms with Gasteiger partial charge in [-0.2, -0.15) is 0 Å². The van der Waals surface area contributed by atoms with Crippen LogP contribution in [0.2, 0.25) is 0 Å². The van der Waals surface area contributed by atoms with E-state index >= 15 is 0 Å². The van der Waals surface area contributed by atoms with Crippen LogP contribution in [-0.4, -0.2) is 0 Å². The first-order valence-corrected chi connectivity index (χ1v) is 10.6. The summed E-state index contributed by atoms with van der Waals surface area (Å²) < 4.78 is 0. The van der Waals surface area contributed by atoms with Gasteiger partial charge in [0.2, 0.25) is 0 Å².